The van der Waals surface area contributed by atoms with E-state index in [2.05, 4.69) is 0 Å². The molecule has 0 aromatic heterocycles. The molecule has 1 aromatic carbocycles. The lowest BCUT2D eigenvalue weighted by Gasteiger charge is -2.52. The molecule has 1 aliphatic carbocycles. The van der Waals surface area contributed by atoms with Crippen molar-refractivity contribution in [2.45, 2.75) is 64.1 Å². The van der Waals surface area contributed by atoms with Gasteiger partial charge in [0, 0.05) is 11.1 Å². The summed E-state index contributed by atoms with van der Waals surface area (Å²) in [5.41, 5.74) is -1.16. The average Bonchev–Trinajstić information content (AvgIpc) is 2.78. The number of phenols is 1. The molecular weight excluding hydrogens is 324 g/mol. The normalized spacial score (nSPS) is 33.7. The van der Waals surface area contributed by atoms with Crippen LogP contribution in [0.4, 0.5) is 0 Å². The summed E-state index contributed by atoms with van der Waals surface area (Å²) in [6.45, 7) is 6.89. The molecule has 1 aliphatic heterocycles. The van der Waals surface area contributed by atoms with E-state index in [1.165, 1.54) is 6.07 Å². The van der Waals surface area contributed by atoms with Crippen LogP contribution in [0.5, 0.6) is 11.5 Å². The van der Waals surface area contributed by atoms with Gasteiger partial charge in [-0.2, -0.15) is 0 Å². The fraction of sp³-hybridized carbons (Fsp3) is 0.632. The molecule has 1 fully saturated rings. The van der Waals surface area contributed by atoms with Gasteiger partial charge in [-0.05, 0) is 31.7 Å². The van der Waals surface area contributed by atoms with Gasteiger partial charge >= 0.3 is 5.97 Å². The summed E-state index contributed by atoms with van der Waals surface area (Å²) in [6, 6.07) is 1.48. The zero-order valence-corrected chi connectivity index (χ0v) is 15.1. The predicted molar refractivity (Wildman–Crippen MR) is 91.1 cm³/mol. The van der Waals surface area contributed by atoms with E-state index in [0.29, 0.717) is 30.4 Å². The molecule has 1 aromatic rings. The monoisotopic (exact) mass is 350 g/mol. The first-order chi connectivity index (χ1) is 11.5. The minimum Gasteiger partial charge on any atom is -0.504 e. The summed E-state index contributed by atoms with van der Waals surface area (Å²) in [5, 5.41) is 41.9. The number of ether oxygens (including phenoxy) is 1. The minimum atomic E-state index is -1.79. The second-order valence-corrected chi connectivity index (χ2v) is 8.18. The van der Waals surface area contributed by atoms with Crippen LogP contribution in [0.25, 0.3) is 0 Å². The maximum atomic E-state index is 11.9. The first-order valence-electron chi connectivity index (χ1n) is 8.68. The lowest BCUT2D eigenvalue weighted by Crippen LogP contribution is -2.64. The van der Waals surface area contributed by atoms with Crippen LogP contribution >= 0.6 is 0 Å². The van der Waals surface area contributed by atoms with Gasteiger partial charge in [-0.3, -0.25) is 0 Å². The highest BCUT2D eigenvalue weighted by Crippen LogP contribution is 2.64. The van der Waals surface area contributed by atoms with E-state index in [0.717, 1.165) is 0 Å². The largest absolute Gasteiger partial charge is 0.504 e. The van der Waals surface area contributed by atoms with E-state index in [1.54, 1.807) is 13.8 Å². The Morgan fingerprint density at radius 1 is 1.32 bits per heavy atom. The number of hydrogen-bond acceptors (Lipinski definition) is 5. The van der Waals surface area contributed by atoms with Crippen molar-refractivity contribution < 1.29 is 30.0 Å². The number of aromatic carboxylic acids is 1. The number of phenolic OH excluding ortho intramolecular Hbond substituents is 1. The van der Waals surface area contributed by atoms with Gasteiger partial charge < -0.3 is 25.2 Å². The summed E-state index contributed by atoms with van der Waals surface area (Å²) in [4.78, 5) is 11.9. The Bertz CT molecular complexity index is 742. The molecule has 4 N–H and O–H groups in total. The molecule has 1 heterocycles. The van der Waals surface area contributed by atoms with E-state index in [9.17, 15) is 25.2 Å². The molecule has 2 aliphatic rings. The van der Waals surface area contributed by atoms with Crippen molar-refractivity contribution in [3.63, 3.8) is 0 Å². The summed E-state index contributed by atoms with van der Waals surface area (Å²) in [5.74, 6) is -3.11. The van der Waals surface area contributed by atoms with Crippen LogP contribution in [0, 0.1) is 5.41 Å². The average molecular weight is 350 g/mol. The Morgan fingerprint density at radius 3 is 2.48 bits per heavy atom. The third-order valence-corrected chi connectivity index (χ3v) is 6.26. The van der Waals surface area contributed by atoms with Gasteiger partial charge in [0.2, 0.25) is 5.79 Å². The number of carbonyl (C=O) groups is 1. The van der Waals surface area contributed by atoms with Crippen molar-refractivity contribution in [3.8, 4) is 11.5 Å². The topological polar surface area (TPSA) is 107 Å². The molecule has 25 heavy (non-hydrogen) atoms. The molecule has 0 amide bonds. The zero-order valence-electron chi connectivity index (χ0n) is 15.1. The maximum Gasteiger partial charge on any atom is 0.336 e. The Morgan fingerprint density at radius 2 is 1.96 bits per heavy atom. The van der Waals surface area contributed by atoms with Crippen LogP contribution in [0.15, 0.2) is 6.07 Å². The number of aromatic hydroxyl groups is 1. The smallest absolute Gasteiger partial charge is 0.336 e. The van der Waals surface area contributed by atoms with Crippen LogP contribution in [0.3, 0.4) is 0 Å². The SMILES string of the molecule is CC(C)c1cc(C(=O)O)c2c(c1O)O[C@]1(O)[C@@](C)(CO)CCC[C@]21C. The van der Waals surface area contributed by atoms with Crippen molar-refractivity contribution in [3.05, 3.63) is 22.8 Å². The fourth-order valence-corrected chi connectivity index (χ4v) is 4.62. The Balaban J connectivity index is 2.35. The molecule has 3 rings (SSSR count). The van der Waals surface area contributed by atoms with E-state index in [1.807, 2.05) is 13.8 Å². The second kappa shape index (κ2) is 5.35. The van der Waals surface area contributed by atoms with Crippen LogP contribution in [-0.4, -0.2) is 38.8 Å². The molecule has 0 spiro atoms. The van der Waals surface area contributed by atoms with Crippen LogP contribution < -0.4 is 4.74 Å². The summed E-state index contributed by atoms with van der Waals surface area (Å²) in [7, 11) is 0. The van der Waals surface area contributed by atoms with Crippen molar-refractivity contribution >= 4 is 5.97 Å². The Hall–Kier alpha value is -1.79. The van der Waals surface area contributed by atoms with Gasteiger partial charge in [-0.1, -0.05) is 27.2 Å². The third kappa shape index (κ3) is 2.07. The highest BCUT2D eigenvalue weighted by atomic mass is 16.6. The van der Waals surface area contributed by atoms with Gasteiger partial charge in [-0.15, -0.1) is 0 Å². The number of fused-ring (bicyclic) bond motifs is 3. The lowest BCUT2D eigenvalue weighted by atomic mass is 9.57. The van der Waals surface area contributed by atoms with Gasteiger partial charge in [0.1, 0.15) is 0 Å². The number of carboxylic acids is 1. The quantitative estimate of drug-likeness (QED) is 0.668. The number of benzene rings is 1. The second-order valence-electron chi connectivity index (χ2n) is 8.18. The van der Waals surface area contributed by atoms with Gasteiger partial charge in [0.05, 0.1) is 23.0 Å². The first-order valence-corrected chi connectivity index (χ1v) is 8.68. The number of hydrogen-bond donors (Lipinski definition) is 4. The standard InChI is InChI=1S/C19H26O6/c1-10(2)11-8-12(16(22)23)13-15(14(11)21)25-19(24)17(3,9-20)6-5-7-18(13,19)4/h8,10,20-21,24H,5-7,9H2,1-4H3,(H,22,23)/t17-,18-,19-/m1/s1. The molecular formula is C19H26O6. The summed E-state index contributed by atoms with van der Waals surface area (Å²) < 4.78 is 5.90. The molecule has 0 radical (unpaired) electrons. The maximum absolute atomic E-state index is 11.9. The van der Waals surface area contributed by atoms with E-state index in [-0.39, 0.29) is 29.6 Å². The zero-order chi connectivity index (χ0) is 18.8. The Labute approximate surface area is 147 Å². The molecule has 3 atom stereocenters. The van der Waals surface area contributed by atoms with E-state index < -0.39 is 22.6 Å². The van der Waals surface area contributed by atoms with Gasteiger partial charge in [-0.25, -0.2) is 4.79 Å². The van der Waals surface area contributed by atoms with Gasteiger partial charge in [0.25, 0.3) is 0 Å². The molecule has 0 unspecified atom stereocenters. The number of aliphatic hydroxyl groups excluding tert-OH is 1. The van der Waals surface area contributed by atoms with E-state index >= 15 is 0 Å². The fourth-order valence-electron chi connectivity index (χ4n) is 4.62. The van der Waals surface area contributed by atoms with Crippen molar-refractivity contribution in [1.29, 1.82) is 0 Å². The first kappa shape index (κ1) is 18.0. The van der Waals surface area contributed by atoms with Crippen molar-refractivity contribution in [2.24, 2.45) is 5.41 Å². The predicted octanol–water partition coefficient (Wildman–Crippen LogP) is 2.74. The minimum absolute atomic E-state index is 0.0372. The van der Waals surface area contributed by atoms with Crippen LogP contribution in [0.2, 0.25) is 0 Å². The van der Waals surface area contributed by atoms with E-state index in [4.69, 9.17) is 4.74 Å². The van der Waals surface area contributed by atoms with Crippen LogP contribution in [0.1, 0.15) is 74.4 Å². The third-order valence-electron chi connectivity index (χ3n) is 6.26. The Kier molecular flexibility index (Phi) is 3.86. The summed E-state index contributed by atoms with van der Waals surface area (Å²) >= 11 is 0. The number of rotatable bonds is 3. The van der Waals surface area contributed by atoms with Crippen molar-refractivity contribution in [2.75, 3.05) is 6.61 Å². The molecule has 6 nitrogen and oxygen atoms in total. The van der Waals surface area contributed by atoms with Gasteiger partial charge in [0.15, 0.2) is 11.5 Å². The number of carboxylic acid groups (broad SMARTS) is 1. The molecule has 6 heteroatoms. The number of aliphatic hydroxyl groups is 2. The van der Waals surface area contributed by atoms with Crippen molar-refractivity contribution in [1.82, 2.24) is 0 Å². The molecule has 138 valence electrons. The lowest BCUT2D eigenvalue weighted by molar-refractivity contribution is -0.271. The molecule has 0 saturated heterocycles. The summed E-state index contributed by atoms with van der Waals surface area (Å²) in [6.07, 6.45) is 1.76. The van der Waals surface area contributed by atoms with Crippen LogP contribution in [-0.2, 0) is 5.41 Å². The highest BCUT2D eigenvalue weighted by Gasteiger charge is 2.68. The molecule has 1 saturated carbocycles. The highest BCUT2D eigenvalue weighted by molar-refractivity contribution is 5.92. The molecule has 0 bridgehead atoms.